The Kier molecular flexibility index (Phi) is 9.99. The third-order valence-corrected chi connectivity index (χ3v) is 10.5. The van der Waals surface area contributed by atoms with Crippen LogP contribution in [0.5, 0.6) is 0 Å². The fourth-order valence-corrected chi connectivity index (χ4v) is 7.56. The number of hydrogen-bond donors (Lipinski definition) is 0. The highest BCUT2D eigenvalue weighted by Crippen LogP contribution is 2.44. The first-order chi connectivity index (χ1) is 17.9. The van der Waals surface area contributed by atoms with E-state index in [1.165, 1.54) is 83.5 Å². The predicted octanol–water partition coefficient (Wildman–Crippen LogP) is 10.2. The Bertz CT molecular complexity index is 1160. The molecule has 37 heavy (non-hydrogen) atoms. The van der Waals surface area contributed by atoms with Crippen molar-refractivity contribution in [1.29, 1.82) is 0 Å². The number of aryl methyl sites for hydroxylation is 1. The number of hydrogen-bond acceptors (Lipinski definition) is 0. The van der Waals surface area contributed by atoms with Gasteiger partial charge in [0, 0.05) is 0 Å². The van der Waals surface area contributed by atoms with Gasteiger partial charge in [-0.3, -0.25) is 0 Å². The first kappa shape index (κ1) is 28.4. The van der Waals surface area contributed by atoms with Crippen LogP contribution in [0.3, 0.4) is 0 Å². The summed E-state index contributed by atoms with van der Waals surface area (Å²) in [5.41, 5.74) is 6.55. The van der Waals surface area contributed by atoms with Gasteiger partial charge >= 0.3 is 0 Å². The Morgan fingerprint density at radius 1 is 0.919 bits per heavy atom. The summed E-state index contributed by atoms with van der Waals surface area (Å²) in [5.74, 6) is 3.82. The summed E-state index contributed by atoms with van der Waals surface area (Å²) < 4.78 is 0. The van der Waals surface area contributed by atoms with Crippen molar-refractivity contribution in [3.63, 3.8) is 0 Å². The van der Waals surface area contributed by atoms with E-state index in [-0.39, 0.29) is 0 Å². The molecular formula is C37H56. The zero-order chi connectivity index (χ0) is 26.5. The maximum absolute atomic E-state index is 2.69. The Morgan fingerprint density at radius 3 is 2.32 bits per heavy atom. The lowest BCUT2D eigenvalue weighted by Crippen LogP contribution is -2.32. The van der Waals surface area contributed by atoms with Crippen LogP contribution in [0.25, 0.3) is 22.4 Å². The zero-order valence-electron chi connectivity index (χ0n) is 25.4. The van der Waals surface area contributed by atoms with E-state index in [0.717, 1.165) is 17.8 Å². The fraction of sp³-hybridized carbons (Fsp3) is 0.676. The third kappa shape index (κ3) is 6.04. The fourth-order valence-electron chi connectivity index (χ4n) is 7.56. The summed E-state index contributed by atoms with van der Waals surface area (Å²) in [6, 6.07) is 7.96. The summed E-state index contributed by atoms with van der Waals surface area (Å²) in [6.45, 7) is 17.0. The van der Waals surface area contributed by atoms with Crippen molar-refractivity contribution < 1.29 is 0 Å². The highest BCUT2D eigenvalue weighted by Gasteiger charge is 2.30. The number of benzene rings is 2. The highest BCUT2D eigenvalue weighted by molar-refractivity contribution is 5.92. The molecule has 0 spiro atoms. The molecule has 0 heteroatoms. The Labute approximate surface area is 229 Å². The quantitative estimate of drug-likeness (QED) is 0.321. The van der Waals surface area contributed by atoms with Gasteiger partial charge in [0.15, 0.2) is 0 Å². The van der Waals surface area contributed by atoms with E-state index >= 15 is 0 Å². The summed E-state index contributed by atoms with van der Waals surface area (Å²) in [5, 5.41) is 6.42. The van der Waals surface area contributed by atoms with Crippen LogP contribution in [0.15, 0.2) is 18.2 Å². The molecule has 0 amide bonds. The smallest absolute Gasteiger partial charge is 0.00680 e. The van der Waals surface area contributed by atoms with Crippen molar-refractivity contribution in [2.24, 2.45) is 17.8 Å². The lowest BCUT2D eigenvalue weighted by Gasteiger charge is -2.35. The molecule has 2 aliphatic rings. The first-order valence-electron chi connectivity index (χ1n) is 16.2. The van der Waals surface area contributed by atoms with Crippen molar-refractivity contribution in [2.45, 2.75) is 144 Å². The molecule has 0 nitrogen and oxygen atoms in total. The van der Waals surface area contributed by atoms with Crippen molar-refractivity contribution in [2.75, 3.05) is 0 Å². The molecule has 0 aromatic heterocycles. The largest absolute Gasteiger partial charge is 0.0764 e. The predicted molar refractivity (Wildman–Crippen MR) is 166 cm³/mol. The van der Waals surface area contributed by atoms with Gasteiger partial charge in [-0.15, -0.1) is 0 Å². The molecule has 2 aromatic rings. The molecule has 0 bridgehead atoms. The molecule has 0 saturated heterocycles. The summed E-state index contributed by atoms with van der Waals surface area (Å²) in [6.07, 6.45) is 19.7. The van der Waals surface area contributed by atoms with Gasteiger partial charge in [0.25, 0.3) is 0 Å². The topological polar surface area (TPSA) is 0 Å². The molecule has 4 rings (SSSR count). The second-order valence-electron chi connectivity index (χ2n) is 12.9. The van der Waals surface area contributed by atoms with Crippen molar-refractivity contribution in [1.82, 2.24) is 0 Å². The molecule has 0 N–H and O–H groups in total. The van der Waals surface area contributed by atoms with Gasteiger partial charge in [-0.2, -0.15) is 0 Å². The van der Waals surface area contributed by atoms with Gasteiger partial charge in [0.1, 0.15) is 0 Å². The van der Waals surface area contributed by atoms with E-state index in [2.05, 4.69) is 72.7 Å². The van der Waals surface area contributed by atoms with Gasteiger partial charge in [-0.1, -0.05) is 90.7 Å². The lowest BCUT2D eigenvalue weighted by molar-refractivity contribution is 0.257. The monoisotopic (exact) mass is 500 g/mol. The molecule has 2 aliphatic carbocycles. The van der Waals surface area contributed by atoms with Crippen molar-refractivity contribution >= 4 is 22.4 Å². The minimum Gasteiger partial charge on any atom is -0.0764 e. The normalized spacial score (nSPS) is 22.7. The van der Waals surface area contributed by atoms with Crippen LogP contribution in [0, 0.1) is 17.8 Å². The van der Waals surface area contributed by atoms with E-state index in [1.807, 2.05) is 0 Å². The summed E-state index contributed by atoms with van der Waals surface area (Å²) >= 11 is 0. The first-order valence-corrected chi connectivity index (χ1v) is 16.2. The van der Waals surface area contributed by atoms with E-state index in [1.54, 1.807) is 43.5 Å². The van der Waals surface area contributed by atoms with Crippen LogP contribution in [-0.2, 0) is 6.42 Å². The molecule has 1 saturated carbocycles. The number of unbranched alkanes of at least 4 members (excludes halogenated alkanes) is 1. The average Bonchev–Trinajstić information content (AvgIpc) is 2.88. The molecular weight excluding hydrogens is 444 g/mol. The molecule has 2 aromatic carbocycles. The highest BCUT2D eigenvalue weighted by atomic mass is 14.3. The van der Waals surface area contributed by atoms with Gasteiger partial charge in [-0.25, -0.2) is 0 Å². The van der Waals surface area contributed by atoms with Crippen molar-refractivity contribution in [3.8, 4) is 0 Å². The van der Waals surface area contributed by atoms with E-state index in [4.69, 9.17) is 0 Å². The molecule has 4 unspecified atom stereocenters. The average molecular weight is 501 g/mol. The second kappa shape index (κ2) is 13.0. The van der Waals surface area contributed by atoms with Crippen LogP contribution in [0.1, 0.15) is 154 Å². The van der Waals surface area contributed by atoms with Gasteiger partial charge < -0.3 is 0 Å². The summed E-state index contributed by atoms with van der Waals surface area (Å²) in [7, 11) is 0. The van der Waals surface area contributed by atoms with Crippen LogP contribution >= 0.6 is 0 Å². The summed E-state index contributed by atoms with van der Waals surface area (Å²) in [4.78, 5) is 0. The Balaban J connectivity index is 2.10. The molecule has 4 atom stereocenters. The molecule has 0 heterocycles. The van der Waals surface area contributed by atoms with Crippen LogP contribution in [0.2, 0.25) is 0 Å². The maximum Gasteiger partial charge on any atom is -0.00680 e. The molecule has 1 fully saturated rings. The van der Waals surface area contributed by atoms with Gasteiger partial charge in [-0.05, 0) is 139 Å². The van der Waals surface area contributed by atoms with Gasteiger partial charge in [0.2, 0.25) is 0 Å². The zero-order valence-corrected chi connectivity index (χ0v) is 25.4. The van der Waals surface area contributed by atoms with Crippen LogP contribution in [0.4, 0.5) is 0 Å². The van der Waals surface area contributed by atoms with E-state index in [0.29, 0.717) is 11.8 Å². The molecule has 0 aliphatic heterocycles. The van der Waals surface area contributed by atoms with E-state index in [9.17, 15) is 0 Å². The standard InChI is InChI=1S/C37H56/c1-8-12-16-28-22-34(32(11-4)30-18-14-19-30)37-35(23-28)33(25(5)9-2)24-31-21-20-26(6)29(10-3)17-13-15-27(7)36(31)37/h21-26,29-30,32H,8-20H2,1-7H3. The Morgan fingerprint density at radius 2 is 1.70 bits per heavy atom. The number of rotatable bonds is 9. The maximum atomic E-state index is 2.69. The minimum absolute atomic E-state index is 0.593. The SMILES string of the molecule is CCCCc1cc(C(CC)C2CCC2)c2c3c(cc(C(C)CC)c2c1)=CCC(C)C(CC)CCCC=3C. The van der Waals surface area contributed by atoms with Crippen molar-refractivity contribution in [3.05, 3.63) is 45.3 Å². The third-order valence-electron chi connectivity index (χ3n) is 10.5. The molecule has 204 valence electrons. The lowest BCUT2D eigenvalue weighted by atomic mass is 9.70. The number of fused-ring (bicyclic) bond motifs is 3. The van der Waals surface area contributed by atoms with E-state index < -0.39 is 0 Å². The second-order valence-corrected chi connectivity index (χ2v) is 12.9. The van der Waals surface area contributed by atoms with Crippen LogP contribution in [-0.4, -0.2) is 0 Å². The van der Waals surface area contributed by atoms with Gasteiger partial charge in [0.05, 0.1) is 0 Å². The van der Waals surface area contributed by atoms with Crippen LogP contribution < -0.4 is 10.4 Å². The Hall–Kier alpha value is -1.56. The molecule has 0 radical (unpaired) electrons. The minimum atomic E-state index is 0.593.